The lowest BCUT2D eigenvalue weighted by Crippen LogP contribution is -2.53. The number of ketones is 1. The van der Waals surface area contributed by atoms with Gasteiger partial charge >= 0.3 is 0 Å². The van der Waals surface area contributed by atoms with Gasteiger partial charge in [-0.25, -0.2) is 0 Å². The summed E-state index contributed by atoms with van der Waals surface area (Å²) in [4.78, 5) is 36.2. The van der Waals surface area contributed by atoms with Crippen molar-refractivity contribution in [2.45, 2.75) is 57.4 Å². The molecule has 1 heterocycles. The number of ether oxygens (including phenoxy) is 1. The van der Waals surface area contributed by atoms with E-state index in [1.165, 1.54) is 0 Å². The fourth-order valence-corrected chi connectivity index (χ4v) is 2.26. The molecule has 0 aromatic carbocycles. The van der Waals surface area contributed by atoms with E-state index in [0.717, 1.165) is 0 Å². The predicted molar refractivity (Wildman–Crippen MR) is 86.0 cm³/mol. The van der Waals surface area contributed by atoms with E-state index in [-0.39, 0.29) is 31.1 Å². The monoisotopic (exact) mass is 342 g/mol. The number of Topliss-reactive ketones (excluding diaryl/α,β-unsaturated/α-hetero) is 1. The van der Waals surface area contributed by atoms with Gasteiger partial charge < -0.3 is 25.6 Å². The minimum atomic E-state index is -1.13. The SMILES string of the molecule is C=C(C)CC(NC(=O)[C@@H](CO)NC(=O)CCC)C(=O)C1OC1CO. The molecule has 0 aromatic rings. The number of hydrogen-bond acceptors (Lipinski definition) is 6. The molecule has 4 N–H and O–H groups in total. The number of amides is 2. The van der Waals surface area contributed by atoms with Gasteiger partial charge in [-0.1, -0.05) is 12.5 Å². The molecule has 1 rings (SSSR count). The van der Waals surface area contributed by atoms with E-state index >= 15 is 0 Å². The first kappa shape index (κ1) is 20.3. The van der Waals surface area contributed by atoms with Crippen molar-refractivity contribution in [3.05, 3.63) is 12.2 Å². The molecule has 0 bridgehead atoms. The van der Waals surface area contributed by atoms with Crippen LogP contribution >= 0.6 is 0 Å². The zero-order chi connectivity index (χ0) is 18.3. The molecule has 8 nitrogen and oxygen atoms in total. The summed E-state index contributed by atoms with van der Waals surface area (Å²) in [6.07, 6.45) is -0.221. The Hall–Kier alpha value is -1.77. The van der Waals surface area contributed by atoms with Crippen LogP contribution in [0.3, 0.4) is 0 Å². The second-order valence-corrected chi connectivity index (χ2v) is 5.96. The average Bonchev–Trinajstić information content (AvgIpc) is 3.30. The Labute approximate surface area is 141 Å². The molecular weight excluding hydrogens is 316 g/mol. The smallest absolute Gasteiger partial charge is 0.245 e. The molecule has 0 aliphatic carbocycles. The van der Waals surface area contributed by atoms with E-state index in [1.54, 1.807) is 6.92 Å². The number of epoxide rings is 1. The summed E-state index contributed by atoms with van der Waals surface area (Å²) < 4.78 is 5.06. The molecule has 0 aromatic heterocycles. The van der Waals surface area contributed by atoms with Crippen LogP contribution < -0.4 is 10.6 Å². The Balaban J connectivity index is 2.69. The first-order valence-electron chi connectivity index (χ1n) is 7.99. The van der Waals surface area contributed by atoms with E-state index in [0.29, 0.717) is 12.0 Å². The van der Waals surface area contributed by atoms with Crippen molar-refractivity contribution in [2.75, 3.05) is 13.2 Å². The fraction of sp³-hybridized carbons (Fsp3) is 0.688. The summed E-state index contributed by atoms with van der Waals surface area (Å²) in [6, 6.07) is -2.01. The molecule has 1 aliphatic heterocycles. The predicted octanol–water partition coefficient (Wildman–Crippen LogP) is -0.957. The van der Waals surface area contributed by atoms with Crippen LogP contribution in [0.15, 0.2) is 12.2 Å². The van der Waals surface area contributed by atoms with Gasteiger partial charge in [0, 0.05) is 6.42 Å². The van der Waals surface area contributed by atoms with Gasteiger partial charge in [0.1, 0.15) is 18.2 Å². The van der Waals surface area contributed by atoms with Crippen molar-refractivity contribution in [3.8, 4) is 0 Å². The third-order valence-electron chi connectivity index (χ3n) is 3.57. The van der Waals surface area contributed by atoms with Crippen LogP contribution in [0, 0.1) is 0 Å². The summed E-state index contributed by atoms with van der Waals surface area (Å²) >= 11 is 0. The van der Waals surface area contributed by atoms with Gasteiger partial charge in [-0.2, -0.15) is 0 Å². The number of rotatable bonds is 11. The summed E-state index contributed by atoms with van der Waals surface area (Å²) in [5.74, 6) is -1.36. The largest absolute Gasteiger partial charge is 0.394 e. The summed E-state index contributed by atoms with van der Waals surface area (Å²) in [7, 11) is 0. The maximum Gasteiger partial charge on any atom is 0.245 e. The average molecular weight is 342 g/mol. The van der Waals surface area contributed by atoms with Crippen molar-refractivity contribution in [1.82, 2.24) is 10.6 Å². The van der Waals surface area contributed by atoms with Crippen molar-refractivity contribution in [1.29, 1.82) is 0 Å². The summed E-state index contributed by atoms with van der Waals surface area (Å²) in [5.41, 5.74) is 0.686. The van der Waals surface area contributed by atoms with Gasteiger partial charge in [-0.15, -0.1) is 6.58 Å². The third kappa shape index (κ3) is 6.03. The fourth-order valence-electron chi connectivity index (χ4n) is 2.26. The standard InChI is InChI=1S/C16H26N2O6/c1-4-5-13(21)17-11(7-19)16(23)18-10(6-9(2)3)14(22)15-12(8-20)24-15/h10-12,15,19-20H,2,4-8H2,1,3H3,(H,17,21)(H,18,23)/t10?,11-,12?,15?/m1/s1. The first-order valence-corrected chi connectivity index (χ1v) is 7.99. The van der Waals surface area contributed by atoms with Crippen molar-refractivity contribution < 1.29 is 29.3 Å². The molecule has 136 valence electrons. The highest BCUT2D eigenvalue weighted by atomic mass is 16.6. The Morgan fingerprint density at radius 3 is 2.33 bits per heavy atom. The molecule has 8 heteroatoms. The minimum Gasteiger partial charge on any atom is -0.394 e. The van der Waals surface area contributed by atoms with Crippen molar-refractivity contribution >= 4 is 17.6 Å². The van der Waals surface area contributed by atoms with Gasteiger partial charge in [-0.05, 0) is 19.8 Å². The molecule has 0 spiro atoms. The highest BCUT2D eigenvalue weighted by Crippen LogP contribution is 2.24. The molecule has 1 fully saturated rings. The summed E-state index contributed by atoms with van der Waals surface area (Å²) in [5, 5.41) is 23.2. The van der Waals surface area contributed by atoms with Crippen LogP contribution in [0.25, 0.3) is 0 Å². The van der Waals surface area contributed by atoms with Gasteiger partial charge in [0.25, 0.3) is 0 Å². The highest BCUT2D eigenvalue weighted by Gasteiger charge is 2.47. The van der Waals surface area contributed by atoms with Crippen LogP contribution in [0.2, 0.25) is 0 Å². The van der Waals surface area contributed by atoms with Crippen LogP contribution in [0.4, 0.5) is 0 Å². The summed E-state index contributed by atoms with van der Waals surface area (Å²) in [6.45, 7) is 6.43. The zero-order valence-electron chi connectivity index (χ0n) is 14.1. The molecule has 0 radical (unpaired) electrons. The van der Waals surface area contributed by atoms with Crippen molar-refractivity contribution in [2.24, 2.45) is 0 Å². The van der Waals surface area contributed by atoms with E-state index in [2.05, 4.69) is 17.2 Å². The Morgan fingerprint density at radius 2 is 1.88 bits per heavy atom. The highest BCUT2D eigenvalue weighted by molar-refractivity contribution is 5.96. The Kier molecular flexibility index (Phi) is 8.03. The number of hydrogen-bond donors (Lipinski definition) is 4. The van der Waals surface area contributed by atoms with Crippen LogP contribution in [-0.2, 0) is 19.1 Å². The third-order valence-corrected chi connectivity index (χ3v) is 3.57. The minimum absolute atomic E-state index is 0.212. The van der Waals surface area contributed by atoms with Gasteiger partial charge in [0.05, 0.1) is 19.3 Å². The lowest BCUT2D eigenvalue weighted by molar-refractivity contribution is -0.132. The molecule has 3 unspecified atom stereocenters. The van der Waals surface area contributed by atoms with E-state index < -0.39 is 36.8 Å². The van der Waals surface area contributed by atoms with E-state index in [9.17, 15) is 19.5 Å². The quantitative estimate of drug-likeness (QED) is 0.283. The van der Waals surface area contributed by atoms with Crippen molar-refractivity contribution in [3.63, 3.8) is 0 Å². The maximum absolute atomic E-state index is 12.3. The van der Waals surface area contributed by atoms with Gasteiger partial charge in [-0.3, -0.25) is 14.4 Å². The normalized spacial score (nSPS) is 21.5. The number of aliphatic hydroxyl groups excluding tert-OH is 2. The molecule has 1 aliphatic rings. The molecule has 4 atom stereocenters. The van der Waals surface area contributed by atoms with E-state index in [4.69, 9.17) is 9.84 Å². The zero-order valence-corrected chi connectivity index (χ0v) is 14.1. The molecular formula is C16H26N2O6. The lowest BCUT2D eigenvalue weighted by atomic mass is 10.0. The molecule has 1 saturated heterocycles. The number of carbonyl (C=O) groups is 3. The number of aliphatic hydroxyl groups is 2. The molecule has 2 amide bonds. The second-order valence-electron chi connectivity index (χ2n) is 5.96. The second kappa shape index (κ2) is 9.51. The maximum atomic E-state index is 12.3. The van der Waals surface area contributed by atoms with Crippen LogP contribution in [-0.4, -0.2) is 65.3 Å². The van der Waals surface area contributed by atoms with Crippen LogP contribution in [0.5, 0.6) is 0 Å². The van der Waals surface area contributed by atoms with E-state index in [1.807, 2.05) is 6.92 Å². The first-order chi connectivity index (χ1) is 11.3. The molecule has 24 heavy (non-hydrogen) atoms. The van der Waals surface area contributed by atoms with Gasteiger partial charge in [0.2, 0.25) is 11.8 Å². The Morgan fingerprint density at radius 1 is 1.21 bits per heavy atom. The lowest BCUT2D eigenvalue weighted by Gasteiger charge is -2.21. The van der Waals surface area contributed by atoms with Crippen LogP contribution in [0.1, 0.15) is 33.1 Å². The Bertz CT molecular complexity index is 493. The topological polar surface area (TPSA) is 128 Å². The molecule has 0 saturated carbocycles. The number of nitrogens with one attached hydrogen (secondary N) is 2. The number of carbonyl (C=O) groups excluding carboxylic acids is 3. The van der Waals surface area contributed by atoms with Gasteiger partial charge in [0.15, 0.2) is 5.78 Å².